The second kappa shape index (κ2) is 7.38. The summed E-state index contributed by atoms with van der Waals surface area (Å²) in [7, 11) is 0. The van der Waals surface area contributed by atoms with E-state index in [2.05, 4.69) is 0 Å². The number of halogens is 4. The lowest BCUT2D eigenvalue weighted by Crippen LogP contribution is -2.27. The Bertz CT molecular complexity index is 687. The van der Waals surface area contributed by atoms with Crippen molar-refractivity contribution in [1.82, 2.24) is 0 Å². The first-order valence-electron chi connectivity index (χ1n) is 7.60. The molecule has 0 bridgehead atoms. The SMILES string of the molecule is FC(F)(F)c1cccc(SC2CCOCC2c2ccc(Cl)cc2)c1. The minimum atomic E-state index is -4.32. The Morgan fingerprint density at radius 2 is 1.83 bits per heavy atom. The number of thioether (sulfide) groups is 1. The predicted octanol–water partition coefficient (Wildman–Crippen LogP) is 6.02. The van der Waals surface area contributed by atoms with E-state index in [1.165, 1.54) is 23.9 Å². The monoisotopic (exact) mass is 372 g/mol. The molecule has 2 aromatic rings. The van der Waals surface area contributed by atoms with Gasteiger partial charge in [-0.2, -0.15) is 13.2 Å². The van der Waals surface area contributed by atoms with Gasteiger partial charge in [0.2, 0.25) is 0 Å². The Balaban J connectivity index is 1.80. The first-order valence-corrected chi connectivity index (χ1v) is 8.86. The summed E-state index contributed by atoms with van der Waals surface area (Å²) in [6.45, 7) is 1.19. The van der Waals surface area contributed by atoms with Crippen molar-refractivity contribution in [2.75, 3.05) is 13.2 Å². The van der Waals surface area contributed by atoms with E-state index in [9.17, 15) is 13.2 Å². The van der Waals surface area contributed by atoms with Crippen molar-refractivity contribution in [1.29, 1.82) is 0 Å². The number of ether oxygens (including phenoxy) is 1. The fourth-order valence-corrected chi connectivity index (χ4v) is 4.24. The summed E-state index contributed by atoms with van der Waals surface area (Å²) in [6.07, 6.45) is -3.52. The molecule has 1 heterocycles. The van der Waals surface area contributed by atoms with Gasteiger partial charge in [-0.1, -0.05) is 29.8 Å². The molecule has 6 heteroatoms. The first-order chi connectivity index (χ1) is 11.4. The zero-order valence-electron chi connectivity index (χ0n) is 12.7. The van der Waals surface area contributed by atoms with Gasteiger partial charge < -0.3 is 4.74 Å². The van der Waals surface area contributed by atoms with Crippen LogP contribution in [0.4, 0.5) is 13.2 Å². The molecule has 24 heavy (non-hydrogen) atoms. The lowest BCUT2D eigenvalue weighted by molar-refractivity contribution is -0.137. The molecule has 2 unspecified atom stereocenters. The largest absolute Gasteiger partial charge is 0.416 e. The Morgan fingerprint density at radius 3 is 2.54 bits per heavy atom. The number of alkyl halides is 3. The summed E-state index contributed by atoms with van der Waals surface area (Å²) in [5.41, 5.74) is 0.492. The number of hydrogen-bond donors (Lipinski definition) is 0. The van der Waals surface area contributed by atoms with Crippen LogP contribution in [0.2, 0.25) is 5.02 Å². The highest BCUT2D eigenvalue weighted by Gasteiger charge is 2.32. The van der Waals surface area contributed by atoms with Gasteiger partial charge in [0, 0.05) is 27.7 Å². The van der Waals surface area contributed by atoms with E-state index in [4.69, 9.17) is 16.3 Å². The fraction of sp³-hybridized carbons (Fsp3) is 0.333. The third kappa shape index (κ3) is 4.26. The van der Waals surface area contributed by atoms with Gasteiger partial charge in [0.1, 0.15) is 0 Å². The summed E-state index contributed by atoms with van der Waals surface area (Å²) in [5, 5.41) is 0.834. The number of benzene rings is 2. The summed E-state index contributed by atoms with van der Waals surface area (Å²) in [5.74, 6) is 0.135. The topological polar surface area (TPSA) is 9.23 Å². The molecule has 128 valence electrons. The Labute approximate surface area is 148 Å². The third-order valence-corrected chi connectivity index (χ3v) is 5.68. The van der Waals surface area contributed by atoms with Crippen LogP contribution in [-0.2, 0) is 10.9 Å². The van der Waals surface area contributed by atoms with Crippen LogP contribution in [0.15, 0.2) is 53.4 Å². The Morgan fingerprint density at radius 1 is 1.08 bits per heavy atom. The lowest BCUT2D eigenvalue weighted by atomic mass is 9.93. The standard InChI is InChI=1S/C18H16ClF3OS/c19-14-6-4-12(5-7-14)16-11-23-9-8-17(16)24-15-3-1-2-13(10-15)18(20,21)22/h1-7,10,16-17H,8-9,11H2. The molecule has 0 spiro atoms. The van der Waals surface area contributed by atoms with Gasteiger partial charge in [0.05, 0.1) is 12.2 Å². The minimum absolute atomic E-state index is 0.135. The zero-order chi connectivity index (χ0) is 17.2. The highest BCUT2D eigenvalue weighted by molar-refractivity contribution is 8.00. The molecule has 0 radical (unpaired) electrons. The van der Waals surface area contributed by atoms with E-state index < -0.39 is 11.7 Å². The second-order valence-corrected chi connectivity index (χ2v) is 7.45. The molecular formula is C18H16ClF3OS. The van der Waals surface area contributed by atoms with Crippen LogP contribution in [0.1, 0.15) is 23.5 Å². The van der Waals surface area contributed by atoms with Crippen LogP contribution in [0.5, 0.6) is 0 Å². The highest BCUT2D eigenvalue weighted by Crippen LogP contribution is 2.40. The molecule has 2 aromatic carbocycles. The zero-order valence-corrected chi connectivity index (χ0v) is 14.3. The summed E-state index contributed by atoms with van der Waals surface area (Å²) < 4.78 is 44.2. The van der Waals surface area contributed by atoms with Crippen molar-refractivity contribution in [2.24, 2.45) is 0 Å². The molecular weight excluding hydrogens is 357 g/mol. The quantitative estimate of drug-likeness (QED) is 0.651. The third-order valence-electron chi connectivity index (χ3n) is 4.04. The molecule has 3 rings (SSSR count). The lowest BCUT2D eigenvalue weighted by Gasteiger charge is -2.31. The maximum absolute atomic E-state index is 12.9. The van der Waals surface area contributed by atoms with Crippen LogP contribution in [0.25, 0.3) is 0 Å². The molecule has 1 nitrogen and oxygen atoms in total. The number of rotatable bonds is 3. The number of hydrogen-bond acceptors (Lipinski definition) is 2. The van der Waals surface area contributed by atoms with Crippen molar-refractivity contribution in [2.45, 2.75) is 28.7 Å². The summed E-state index contributed by atoms with van der Waals surface area (Å²) in [6, 6.07) is 13.1. The normalized spacial score (nSPS) is 21.7. The molecule has 1 saturated heterocycles. The smallest absolute Gasteiger partial charge is 0.381 e. The van der Waals surface area contributed by atoms with Crippen LogP contribution in [0, 0.1) is 0 Å². The van der Waals surface area contributed by atoms with E-state index in [1.807, 2.05) is 24.3 Å². The molecule has 0 amide bonds. The van der Waals surface area contributed by atoms with Crippen molar-refractivity contribution < 1.29 is 17.9 Å². The molecule has 0 saturated carbocycles. The van der Waals surface area contributed by atoms with Gasteiger partial charge in [-0.25, -0.2) is 0 Å². The molecule has 0 aliphatic carbocycles. The van der Waals surface area contributed by atoms with Crippen LogP contribution >= 0.6 is 23.4 Å². The molecule has 1 fully saturated rings. The van der Waals surface area contributed by atoms with Gasteiger partial charge >= 0.3 is 6.18 Å². The Hall–Kier alpha value is -1.17. The van der Waals surface area contributed by atoms with Gasteiger partial charge in [-0.3, -0.25) is 0 Å². The fourth-order valence-electron chi connectivity index (χ4n) is 2.80. The second-order valence-electron chi connectivity index (χ2n) is 5.70. The van der Waals surface area contributed by atoms with Crippen LogP contribution in [0.3, 0.4) is 0 Å². The Kier molecular flexibility index (Phi) is 5.42. The van der Waals surface area contributed by atoms with E-state index >= 15 is 0 Å². The van der Waals surface area contributed by atoms with Crippen LogP contribution < -0.4 is 0 Å². The van der Waals surface area contributed by atoms with Crippen molar-refractivity contribution in [3.05, 3.63) is 64.7 Å². The van der Waals surface area contributed by atoms with Crippen LogP contribution in [-0.4, -0.2) is 18.5 Å². The van der Waals surface area contributed by atoms with E-state index in [-0.39, 0.29) is 11.2 Å². The van der Waals surface area contributed by atoms with Crippen molar-refractivity contribution in [3.63, 3.8) is 0 Å². The van der Waals surface area contributed by atoms with Crippen molar-refractivity contribution in [3.8, 4) is 0 Å². The highest BCUT2D eigenvalue weighted by atomic mass is 35.5. The molecule has 0 N–H and O–H groups in total. The maximum Gasteiger partial charge on any atom is 0.416 e. The van der Waals surface area contributed by atoms with Gasteiger partial charge in [0.15, 0.2) is 0 Å². The van der Waals surface area contributed by atoms with Gasteiger partial charge in [-0.15, -0.1) is 11.8 Å². The minimum Gasteiger partial charge on any atom is -0.381 e. The van der Waals surface area contributed by atoms with E-state index in [1.54, 1.807) is 6.07 Å². The summed E-state index contributed by atoms with van der Waals surface area (Å²) in [4.78, 5) is 0.635. The average molecular weight is 373 g/mol. The van der Waals surface area contributed by atoms with E-state index in [0.29, 0.717) is 23.1 Å². The molecule has 0 aromatic heterocycles. The van der Waals surface area contributed by atoms with E-state index in [0.717, 1.165) is 18.1 Å². The maximum atomic E-state index is 12.9. The molecule has 2 atom stereocenters. The molecule has 1 aliphatic heterocycles. The van der Waals surface area contributed by atoms with Crippen molar-refractivity contribution >= 4 is 23.4 Å². The first kappa shape index (κ1) is 17.6. The predicted molar refractivity (Wildman–Crippen MR) is 90.7 cm³/mol. The average Bonchev–Trinajstić information content (AvgIpc) is 2.56. The summed E-state index contributed by atoms with van der Waals surface area (Å²) >= 11 is 7.42. The molecule has 1 aliphatic rings. The van der Waals surface area contributed by atoms with Gasteiger partial charge in [-0.05, 0) is 42.3 Å². The van der Waals surface area contributed by atoms with Gasteiger partial charge in [0.25, 0.3) is 0 Å².